The van der Waals surface area contributed by atoms with Crippen molar-refractivity contribution in [1.82, 2.24) is 0 Å². The first kappa shape index (κ1) is 11.5. The Labute approximate surface area is 121 Å². The van der Waals surface area contributed by atoms with Gasteiger partial charge in [0.25, 0.3) is 0 Å². The van der Waals surface area contributed by atoms with Crippen molar-refractivity contribution in [2.75, 3.05) is 0 Å². The summed E-state index contributed by atoms with van der Waals surface area (Å²) in [7, 11) is 0. The summed E-state index contributed by atoms with van der Waals surface area (Å²) in [4.78, 5) is 1.29. The molecule has 0 aliphatic heterocycles. The molecule has 0 unspecified atom stereocenters. The van der Waals surface area contributed by atoms with E-state index in [1.54, 1.807) is 6.26 Å². The molecular weight excluding hydrogens is 264 g/mol. The number of hydrogen-bond donors (Lipinski definition) is 0. The number of benzene rings is 2. The molecule has 0 N–H and O–H groups in total. The maximum absolute atomic E-state index is 5.47. The molecule has 0 amide bonds. The summed E-state index contributed by atoms with van der Waals surface area (Å²) in [6.07, 6.45) is 1.71. The van der Waals surface area contributed by atoms with Gasteiger partial charge in [-0.15, -0.1) is 11.3 Å². The minimum atomic E-state index is 0.910. The molecule has 0 aliphatic carbocycles. The fourth-order valence-electron chi connectivity index (χ4n) is 2.39. The summed E-state index contributed by atoms with van der Waals surface area (Å²) in [6.45, 7) is 0. The zero-order valence-corrected chi connectivity index (χ0v) is 11.6. The van der Waals surface area contributed by atoms with E-state index >= 15 is 0 Å². The summed E-state index contributed by atoms with van der Waals surface area (Å²) < 4.78 is 6.80. The topological polar surface area (TPSA) is 13.1 Å². The van der Waals surface area contributed by atoms with E-state index < -0.39 is 0 Å². The predicted octanol–water partition coefficient (Wildman–Crippen LogP) is 5.83. The zero-order chi connectivity index (χ0) is 13.4. The third-order valence-electron chi connectivity index (χ3n) is 3.38. The summed E-state index contributed by atoms with van der Waals surface area (Å²) in [6, 6.07) is 23.1. The van der Waals surface area contributed by atoms with Gasteiger partial charge in [-0.3, -0.25) is 0 Å². The monoisotopic (exact) mass is 276 g/mol. The zero-order valence-electron chi connectivity index (χ0n) is 10.7. The van der Waals surface area contributed by atoms with Gasteiger partial charge in [0.1, 0.15) is 5.76 Å². The Morgan fingerprint density at radius 1 is 0.750 bits per heavy atom. The van der Waals surface area contributed by atoms with Gasteiger partial charge in [0.05, 0.1) is 6.26 Å². The summed E-state index contributed by atoms with van der Waals surface area (Å²) in [5.74, 6) is 0.910. The van der Waals surface area contributed by atoms with Gasteiger partial charge in [0.2, 0.25) is 0 Å². The van der Waals surface area contributed by atoms with Crippen LogP contribution in [0.5, 0.6) is 0 Å². The maximum atomic E-state index is 5.47. The minimum Gasteiger partial charge on any atom is -0.464 e. The van der Waals surface area contributed by atoms with Crippen molar-refractivity contribution in [3.05, 3.63) is 73.0 Å². The fraction of sp³-hybridized carbons (Fsp3) is 0. The van der Waals surface area contributed by atoms with Gasteiger partial charge in [0.15, 0.2) is 0 Å². The van der Waals surface area contributed by atoms with Crippen LogP contribution in [0, 0.1) is 0 Å². The second kappa shape index (κ2) is 4.66. The molecule has 2 heterocycles. The Morgan fingerprint density at radius 2 is 1.65 bits per heavy atom. The van der Waals surface area contributed by atoms with Crippen molar-refractivity contribution in [1.29, 1.82) is 0 Å². The molecule has 0 spiro atoms. The molecule has 1 nitrogen and oxygen atoms in total. The van der Waals surface area contributed by atoms with Gasteiger partial charge < -0.3 is 4.42 Å². The molecule has 0 atom stereocenters. The molecule has 4 rings (SSSR count). The fourth-order valence-corrected chi connectivity index (χ4v) is 3.45. The van der Waals surface area contributed by atoms with Crippen molar-refractivity contribution in [2.45, 2.75) is 0 Å². The van der Waals surface area contributed by atoms with Crippen molar-refractivity contribution in [3.8, 4) is 21.8 Å². The van der Waals surface area contributed by atoms with Gasteiger partial charge in [-0.25, -0.2) is 0 Å². The molecule has 2 aromatic heterocycles. The van der Waals surface area contributed by atoms with Crippen molar-refractivity contribution in [3.63, 3.8) is 0 Å². The quantitative estimate of drug-likeness (QED) is 0.449. The van der Waals surface area contributed by atoms with Crippen LogP contribution in [0.3, 0.4) is 0 Å². The van der Waals surface area contributed by atoms with Gasteiger partial charge in [0, 0.05) is 15.1 Å². The lowest BCUT2D eigenvalue weighted by molar-refractivity contribution is 0.582. The van der Waals surface area contributed by atoms with Crippen molar-refractivity contribution >= 4 is 21.4 Å². The van der Waals surface area contributed by atoms with Crippen molar-refractivity contribution in [2.24, 2.45) is 0 Å². The lowest BCUT2D eigenvalue weighted by atomic mass is 10.1. The first-order valence-corrected chi connectivity index (χ1v) is 7.35. The lowest BCUT2D eigenvalue weighted by Gasteiger charge is -2.00. The van der Waals surface area contributed by atoms with Crippen LogP contribution in [-0.2, 0) is 0 Å². The molecule has 4 aromatic rings. The molecule has 0 saturated carbocycles. The van der Waals surface area contributed by atoms with Crippen molar-refractivity contribution < 1.29 is 4.42 Å². The molecule has 0 fully saturated rings. The Bertz CT molecular complexity index is 823. The van der Waals surface area contributed by atoms with Gasteiger partial charge in [-0.1, -0.05) is 36.4 Å². The molecule has 2 heteroatoms. The molecule has 2 aromatic carbocycles. The second-order valence-corrected chi connectivity index (χ2v) is 5.79. The van der Waals surface area contributed by atoms with Crippen LogP contribution in [0.4, 0.5) is 0 Å². The van der Waals surface area contributed by atoms with E-state index in [4.69, 9.17) is 4.42 Å². The van der Waals surface area contributed by atoms with E-state index in [-0.39, 0.29) is 0 Å². The van der Waals surface area contributed by atoms with E-state index in [1.165, 1.54) is 20.5 Å². The maximum Gasteiger partial charge on any atom is 0.133 e. The standard InChI is InChI=1S/C18H12OS/c1-2-9-17-15(5-1)12-18(20-17)14-7-3-6-13(11-14)16-8-4-10-19-16/h1-12H. The van der Waals surface area contributed by atoms with E-state index in [0.717, 1.165) is 11.3 Å². The summed E-state index contributed by atoms with van der Waals surface area (Å²) >= 11 is 1.83. The van der Waals surface area contributed by atoms with Crippen LogP contribution in [0.15, 0.2) is 77.4 Å². The number of rotatable bonds is 2. The van der Waals surface area contributed by atoms with E-state index in [0.29, 0.717) is 0 Å². The lowest BCUT2D eigenvalue weighted by Crippen LogP contribution is -1.76. The second-order valence-electron chi connectivity index (χ2n) is 4.71. The highest BCUT2D eigenvalue weighted by molar-refractivity contribution is 7.22. The SMILES string of the molecule is c1cc(-c2ccco2)cc(-c2cc3ccccc3s2)c1. The number of furan rings is 1. The number of thiophene rings is 1. The highest BCUT2D eigenvalue weighted by atomic mass is 32.1. The largest absolute Gasteiger partial charge is 0.464 e. The molecule has 20 heavy (non-hydrogen) atoms. The summed E-state index contributed by atoms with van der Waals surface area (Å²) in [5.41, 5.74) is 2.35. The number of hydrogen-bond acceptors (Lipinski definition) is 2. The third-order valence-corrected chi connectivity index (χ3v) is 4.54. The Morgan fingerprint density at radius 3 is 2.50 bits per heavy atom. The first-order valence-electron chi connectivity index (χ1n) is 6.53. The average molecular weight is 276 g/mol. The number of fused-ring (bicyclic) bond motifs is 1. The Kier molecular flexibility index (Phi) is 2.68. The Hall–Kier alpha value is -2.32. The van der Waals surface area contributed by atoms with E-state index in [1.807, 2.05) is 23.5 Å². The molecule has 0 aliphatic rings. The predicted molar refractivity (Wildman–Crippen MR) is 85.0 cm³/mol. The van der Waals surface area contributed by atoms with Crippen LogP contribution < -0.4 is 0 Å². The molecule has 96 valence electrons. The summed E-state index contributed by atoms with van der Waals surface area (Å²) in [5, 5.41) is 1.30. The van der Waals surface area contributed by atoms with E-state index in [9.17, 15) is 0 Å². The minimum absolute atomic E-state index is 0.910. The van der Waals surface area contributed by atoms with Gasteiger partial charge in [-0.05, 0) is 41.3 Å². The van der Waals surface area contributed by atoms with E-state index in [2.05, 4.69) is 54.6 Å². The normalized spacial score (nSPS) is 11.0. The third kappa shape index (κ3) is 1.95. The highest BCUT2D eigenvalue weighted by Gasteiger charge is 2.06. The Balaban J connectivity index is 1.84. The van der Waals surface area contributed by atoms with Gasteiger partial charge >= 0.3 is 0 Å². The van der Waals surface area contributed by atoms with Crippen LogP contribution >= 0.6 is 11.3 Å². The van der Waals surface area contributed by atoms with Crippen LogP contribution in [-0.4, -0.2) is 0 Å². The highest BCUT2D eigenvalue weighted by Crippen LogP contribution is 2.35. The molecule has 0 saturated heterocycles. The van der Waals surface area contributed by atoms with Crippen LogP contribution in [0.25, 0.3) is 31.9 Å². The van der Waals surface area contributed by atoms with Crippen LogP contribution in [0.1, 0.15) is 0 Å². The smallest absolute Gasteiger partial charge is 0.133 e. The molecule has 0 bridgehead atoms. The average Bonchev–Trinajstić information content (AvgIpc) is 3.16. The van der Waals surface area contributed by atoms with Crippen LogP contribution in [0.2, 0.25) is 0 Å². The first-order chi connectivity index (χ1) is 9.90. The van der Waals surface area contributed by atoms with Gasteiger partial charge in [-0.2, -0.15) is 0 Å². The molecule has 0 radical (unpaired) electrons. The molecular formula is C18H12OS.